The third-order valence-electron chi connectivity index (χ3n) is 3.38. The Morgan fingerprint density at radius 1 is 0.690 bits per heavy atom. The summed E-state index contributed by atoms with van der Waals surface area (Å²) in [5.74, 6) is 0. The molecule has 0 aliphatic rings. The fourth-order valence-electron chi connectivity index (χ4n) is 2.14. The number of carbonyl (C=O) groups excluding carboxylic acids is 1. The van der Waals surface area contributed by atoms with Crippen LogP contribution in [0.5, 0.6) is 0 Å². The average molecular weight is 451 g/mol. The van der Waals surface area contributed by atoms with Gasteiger partial charge in [0.25, 0.3) is 0 Å². The number of urea groups is 1. The topological polar surface area (TPSA) is 41.1 Å². The molecule has 0 saturated heterocycles. The van der Waals surface area contributed by atoms with E-state index < -0.39 is 57.6 Å². The van der Waals surface area contributed by atoms with E-state index in [-0.39, 0.29) is 18.2 Å². The number of amides is 2. The van der Waals surface area contributed by atoms with Gasteiger partial charge in [0.1, 0.15) is 0 Å². The fourth-order valence-corrected chi connectivity index (χ4v) is 2.37. The number of anilines is 2. The van der Waals surface area contributed by atoms with Gasteiger partial charge in [-0.1, -0.05) is 11.6 Å². The molecule has 2 N–H and O–H groups in total. The number of rotatable bonds is 2. The highest BCUT2D eigenvalue weighted by Gasteiger charge is 2.37. The Kier molecular flexibility index (Phi) is 5.98. The number of hydrogen-bond acceptors (Lipinski definition) is 1. The Balaban J connectivity index is 2.29. The smallest absolute Gasteiger partial charge is 0.308 e. The van der Waals surface area contributed by atoms with Crippen LogP contribution in [0.4, 0.5) is 55.7 Å². The zero-order valence-electron chi connectivity index (χ0n) is 13.7. The molecule has 0 aliphatic heterocycles. The highest BCUT2D eigenvalue weighted by atomic mass is 35.5. The van der Waals surface area contributed by atoms with Crippen molar-refractivity contribution in [2.45, 2.75) is 18.5 Å². The molecule has 13 heteroatoms. The van der Waals surface area contributed by atoms with Crippen LogP contribution in [-0.4, -0.2) is 6.03 Å². The van der Waals surface area contributed by atoms with Crippen LogP contribution in [0.15, 0.2) is 36.4 Å². The predicted octanol–water partition coefficient (Wildman–Crippen LogP) is 7.04. The quantitative estimate of drug-likeness (QED) is 0.473. The van der Waals surface area contributed by atoms with Crippen molar-refractivity contribution in [2.24, 2.45) is 0 Å². The van der Waals surface area contributed by atoms with Gasteiger partial charge in [-0.2, -0.15) is 39.5 Å². The van der Waals surface area contributed by atoms with E-state index in [1.54, 1.807) is 5.32 Å². The summed E-state index contributed by atoms with van der Waals surface area (Å²) in [6.07, 6.45) is -15.1. The molecule has 0 aromatic heterocycles. The van der Waals surface area contributed by atoms with Crippen LogP contribution in [0, 0.1) is 0 Å². The Hall–Kier alpha value is -2.63. The standard InChI is InChI=1S/C16H8ClF9N2O/c17-12-2-1-9(6-11(12)16(24,25)26)27-13(29)28-10-4-7(14(18,19)20)3-8(5-10)15(21,22)23/h1-6H,(H2,27,28,29). The minimum atomic E-state index is -5.13. The Labute approximate surface area is 161 Å². The number of nitrogens with one attached hydrogen (secondary N) is 2. The van der Waals surface area contributed by atoms with Crippen molar-refractivity contribution in [1.82, 2.24) is 0 Å². The second-order valence-corrected chi connectivity index (χ2v) is 5.97. The molecule has 0 radical (unpaired) electrons. The van der Waals surface area contributed by atoms with Crippen LogP contribution in [-0.2, 0) is 18.5 Å². The van der Waals surface area contributed by atoms with E-state index in [2.05, 4.69) is 0 Å². The lowest BCUT2D eigenvalue weighted by Gasteiger charge is -2.15. The first kappa shape index (κ1) is 22.7. The molecule has 0 unspecified atom stereocenters. The first-order valence-corrected chi connectivity index (χ1v) is 7.69. The molecule has 2 rings (SSSR count). The molecular formula is C16H8ClF9N2O. The molecule has 0 aliphatic carbocycles. The summed E-state index contributed by atoms with van der Waals surface area (Å²) in [5, 5.41) is 2.93. The van der Waals surface area contributed by atoms with E-state index >= 15 is 0 Å². The fraction of sp³-hybridized carbons (Fsp3) is 0.188. The molecule has 0 atom stereocenters. The molecule has 0 spiro atoms. The minimum absolute atomic E-state index is 0.141. The van der Waals surface area contributed by atoms with E-state index in [0.717, 1.165) is 12.1 Å². The monoisotopic (exact) mass is 450 g/mol. The van der Waals surface area contributed by atoms with Crippen molar-refractivity contribution in [2.75, 3.05) is 10.6 Å². The van der Waals surface area contributed by atoms with Gasteiger partial charge < -0.3 is 10.6 Å². The summed E-state index contributed by atoms with van der Waals surface area (Å²) < 4.78 is 115. The van der Waals surface area contributed by atoms with E-state index in [1.165, 1.54) is 0 Å². The predicted molar refractivity (Wildman–Crippen MR) is 85.5 cm³/mol. The summed E-state index contributed by atoms with van der Waals surface area (Å²) in [5.41, 5.74) is -5.95. The normalized spacial score (nSPS) is 12.6. The number of carbonyl (C=O) groups is 1. The molecular weight excluding hydrogens is 443 g/mol. The van der Waals surface area contributed by atoms with Crippen molar-refractivity contribution in [1.29, 1.82) is 0 Å². The first-order chi connectivity index (χ1) is 13.1. The Morgan fingerprint density at radius 2 is 1.17 bits per heavy atom. The molecule has 2 aromatic carbocycles. The SMILES string of the molecule is O=C(Nc1cc(C(F)(F)F)cc(C(F)(F)F)c1)Nc1ccc(Cl)c(C(F)(F)F)c1. The molecule has 0 heterocycles. The van der Waals surface area contributed by atoms with E-state index in [0.29, 0.717) is 6.07 Å². The Morgan fingerprint density at radius 3 is 1.62 bits per heavy atom. The van der Waals surface area contributed by atoms with Crippen LogP contribution in [0.25, 0.3) is 0 Å². The maximum atomic E-state index is 12.8. The van der Waals surface area contributed by atoms with Crippen LogP contribution in [0.3, 0.4) is 0 Å². The molecule has 0 saturated carbocycles. The van der Waals surface area contributed by atoms with Gasteiger partial charge in [0, 0.05) is 11.4 Å². The van der Waals surface area contributed by atoms with Crippen molar-refractivity contribution >= 4 is 29.0 Å². The largest absolute Gasteiger partial charge is 0.417 e. The van der Waals surface area contributed by atoms with Gasteiger partial charge in [-0.25, -0.2) is 4.79 Å². The second kappa shape index (κ2) is 7.65. The second-order valence-electron chi connectivity index (χ2n) is 5.57. The lowest BCUT2D eigenvalue weighted by molar-refractivity contribution is -0.143. The Bertz CT molecular complexity index is 888. The first-order valence-electron chi connectivity index (χ1n) is 7.31. The van der Waals surface area contributed by atoms with Crippen LogP contribution in [0.2, 0.25) is 5.02 Å². The van der Waals surface area contributed by atoms with E-state index in [4.69, 9.17) is 11.6 Å². The van der Waals surface area contributed by atoms with Crippen molar-refractivity contribution in [3.63, 3.8) is 0 Å². The molecule has 0 fully saturated rings. The van der Waals surface area contributed by atoms with E-state index in [1.807, 2.05) is 5.32 Å². The van der Waals surface area contributed by atoms with E-state index in [9.17, 15) is 44.3 Å². The summed E-state index contributed by atoms with van der Waals surface area (Å²) in [6, 6.07) is 1.21. The maximum absolute atomic E-state index is 12.8. The van der Waals surface area contributed by atoms with Crippen LogP contribution < -0.4 is 10.6 Å². The molecule has 0 bridgehead atoms. The number of alkyl halides is 9. The van der Waals surface area contributed by atoms with Crippen LogP contribution in [0.1, 0.15) is 16.7 Å². The highest BCUT2D eigenvalue weighted by Crippen LogP contribution is 2.38. The molecule has 2 aromatic rings. The summed E-state index contributed by atoms with van der Waals surface area (Å²) >= 11 is 5.41. The van der Waals surface area contributed by atoms with Crippen LogP contribution >= 0.6 is 11.6 Å². The number of benzene rings is 2. The summed E-state index contributed by atoms with van der Waals surface area (Å²) in [6.45, 7) is 0. The van der Waals surface area contributed by atoms with Gasteiger partial charge in [-0.15, -0.1) is 0 Å². The van der Waals surface area contributed by atoms with Gasteiger partial charge in [0.05, 0.1) is 21.7 Å². The van der Waals surface area contributed by atoms with Crippen molar-refractivity contribution < 1.29 is 44.3 Å². The van der Waals surface area contributed by atoms with Gasteiger partial charge in [-0.3, -0.25) is 0 Å². The highest BCUT2D eigenvalue weighted by molar-refractivity contribution is 6.31. The van der Waals surface area contributed by atoms with Crippen molar-refractivity contribution in [3.8, 4) is 0 Å². The lowest BCUT2D eigenvalue weighted by Crippen LogP contribution is -2.21. The molecule has 29 heavy (non-hydrogen) atoms. The zero-order chi connectivity index (χ0) is 22.2. The molecule has 158 valence electrons. The zero-order valence-corrected chi connectivity index (χ0v) is 14.4. The summed E-state index contributed by atoms with van der Waals surface area (Å²) in [7, 11) is 0. The maximum Gasteiger partial charge on any atom is 0.417 e. The molecule has 2 amide bonds. The van der Waals surface area contributed by atoms with Gasteiger partial charge >= 0.3 is 24.6 Å². The van der Waals surface area contributed by atoms with Gasteiger partial charge in [0.2, 0.25) is 0 Å². The third-order valence-corrected chi connectivity index (χ3v) is 3.70. The third kappa shape index (κ3) is 5.92. The van der Waals surface area contributed by atoms with Gasteiger partial charge in [-0.05, 0) is 36.4 Å². The lowest BCUT2D eigenvalue weighted by atomic mass is 10.1. The van der Waals surface area contributed by atoms with Crippen molar-refractivity contribution in [3.05, 3.63) is 58.1 Å². The number of hydrogen-bond donors (Lipinski definition) is 2. The number of halogens is 10. The summed E-state index contributed by atoms with van der Waals surface area (Å²) in [4.78, 5) is 11.9. The molecule has 3 nitrogen and oxygen atoms in total. The average Bonchev–Trinajstić information content (AvgIpc) is 2.53. The van der Waals surface area contributed by atoms with Gasteiger partial charge in [0.15, 0.2) is 0 Å². The minimum Gasteiger partial charge on any atom is -0.308 e.